The Balaban J connectivity index is 1.75. The van der Waals surface area contributed by atoms with E-state index in [0.717, 1.165) is 30.4 Å². The third-order valence-corrected chi connectivity index (χ3v) is 6.82. The molecule has 1 unspecified atom stereocenters. The molecule has 0 bridgehead atoms. The number of rotatable bonds is 7. The van der Waals surface area contributed by atoms with E-state index in [1.165, 1.54) is 37.5 Å². The first-order valence-electron chi connectivity index (χ1n) is 9.41. The number of hydrogen-bond acceptors (Lipinski definition) is 10. The van der Waals surface area contributed by atoms with Gasteiger partial charge in [0.15, 0.2) is 0 Å². The van der Waals surface area contributed by atoms with Crippen molar-refractivity contribution in [2.75, 3.05) is 18.4 Å². The van der Waals surface area contributed by atoms with Gasteiger partial charge >= 0.3 is 6.18 Å². The van der Waals surface area contributed by atoms with Gasteiger partial charge in [0.1, 0.15) is 16.3 Å². The second-order valence-electron chi connectivity index (χ2n) is 6.85. The summed E-state index contributed by atoms with van der Waals surface area (Å²) in [4.78, 5) is 13.1. The molecule has 3 rings (SSSR count). The summed E-state index contributed by atoms with van der Waals surface area (Å²) in [6, 6.07) is -0.00366. The zero-order chi connectivity index (χ0) is 22.6. The molecule has 1 atom stereocenters. The van der Waals surface area contributed by atoms with Crippen molar-refractivity contribution in [1.82, 2.24) is 19.3 Å². The van der Waals surface area contributed by atoms with Crippen LogP contribution in [0.2, 0.25) is 0 Å². The zero-order valence-corrected chi connectivity index (χ0v) is 18.2. The molecule has 168 valence electrons. The number of aliphatic hydroxyl groups excluding tert-OH is 1. The van der Waals surface area contributed by atoms with Crippen molar-refractivity contribution in [3.05, 3.63) is 33.9 Å². The molecular weight excluding hydrogens is 451 g/mol. The lowest BCUT2D eigenvalue weighted by atomic mass is 10.1. The van der Waals surface area contributed by atoms with E-state index >= 15 is 0 Å². The third-order valence-electron chi connectivity index (χ3n) is 4.56. The molecule has 8 nitrogen and oxygen atoms in total. The van der Waals surface area contributed by atoms with Gasteiger partial charge in [0, 0.05) is 43.9 Å². The summed E-state index contributed by atoms with van der Waals surface area (Å²) in [5, 5.41) is 20.2. The highest BCUT2D eigenvalue weighted by molar-refractivity contribution is 8.01. The summed E-state index contributed by atoms with van der Waals surface area (Å²) in [7, 11) is 0. The number of halogens is 3. The number of hydrogen-bond donors (Lipinski definition) is 4. The number of nitrogens with one attached hydrogen (secondary N) is 2. The maximum atomic E-state index is 13.5. The summed E-state index contributed by atoms with van der Waals surface area (Å²) >= 11 is 2.36. The number of thiazole rings is 1. The van der Waals surface area contributed by atoms with Crippen molar-refractivity contribution in [2.24, 2.45) is 5.73 Å². The van der Waals surface area contributed by atoms with E-state index in [-0.39, 0.29) is 22.7 Å². The normalized spacial score (nSPS) is 17.5. The van der Waals surface area contributed by atoms with Gasteiger partial charge in [-0.15, -0.1) is 11.3 Å². The van der Waals surface area contributed by atoms with Gasteiger partial charge in [0.2, 0.25) is 5.95 Å². The molecule has 0 aliphatic carbocycles. The molecule has 5 N–H and O–H groups in total. The predicted octanol–water partition coefficient (Wildman–Crippen LogP) is 3.65. The van der Waals surface area contributed by atoms with Gasteiger partial charge in [-0.05, 0) is 31.7 Å². The number of aliphatic hydroxyl groups is 1. The fourth-order valence-corrected chi connectivity index (χ4v) is 4.60. The molecule has 3 heterocycles. The monoisotopic (exact) mass is 473 g/mol. The molecule has 1 aliphatic rings. The van der Waals surface area contributed by atoms with E-state index in [4.69, 9.17) is 11.1 Å². The smallest absolute Gasteiger partial charge is 0.404 e. The van der Waals surface area contributed by atoms with Gasteiger partial charge in [-0.2, -0.15) is 13.2 Å². The quantitative estimate of drug-likeness (QED) is 0.355. The zero-order valence-electron chi connectivity index (χ0n) is 16.6. The molecule has 13 heteroatoms. The average Bonchev–Trinajstić information content (AvgIpc) is 3.23. The minimum absolute atomic E-state index is 0.00366. The standard InChI is InChI=1S/C18H22F3N7OS2/c1-10(29)14-9-24-16(30-14)15-13(18(19,20)21)8-25-17(27-15)26-11-2-4-28(5-3-11)31-12(6-22)7-23/h6-11,22,29H,2-5,23H2,1H3,(H,25,26,27)/b12-7+,22-6?. The molecule has 1 saturated heterocycles. The minimum Gasteiger partial charge on any atom is -0.404 e. The third kappa shape index (κ3) is 5.93. The van der Waals surface area contributed by atoms with Crippen molar-refractivity contribution in [2.45, 2.75) is 38.1 Å². The summed E-state index contributed by atoms with van der Waals surface area (Å²) in [6.07, 6.45) is 0.682. The van der Waals surface area contributed by atoms with Crippen LogP contribution in [-0.4, -0.2) is 49.7 Å². The molecule has 0 amide bonds. The maximum Gasteiger partial charge on any atom is 0.420 e. The summed E-state index contributed by atoms with van der Waals surface area (Å²) in [5.74, 6) is 0.102. The van der Waals surface area contributed by atoms with Gasteiger partial charge in [-0.1, -0.05) is 0 Å². The van der Waals surface area contributed by atoms with Gasteiger partial charge in [-0.25, -0.2) is 19.3 Å². The van der Waals surface area contributed by atoms with E-state index in [2.05, 4.69) is 24.6 Å². The highest BCUT2D eigenvalue weighted by Crippen LogP contribution is 2.38. The van der Waals surface area contributed by atoms with Crippen LogP contribution in [0.1, 0.15) is 36.3 Å². The van der Waals surface area contributed by atoms with Crippen LogP contribution in [0, 0.1) is 5.41 Å². The Hall–Kier alpha value is -2.22. The second kappa shape index (κ2) is 9.94. The Morgan fingerprint density at radius 1 is 1.39 bits per heavy atom. The lowest BCUT2D eigenvalue weighted by Crippen LogP contribution is -2.36. The first kappa shape index (κ1) is 23.4. The molecule has 1 fully saturated rings. The van der Waals surface area contributed by atoms with Crippen molar-refractivity contribution < 1.29 is 18.3 Å². The summed E-state index contributed by atoms with van der Waals surface area (Å²) in [5.41, 5.74) is 4.19. The number of piperidine rings is 1. The van der Waals surface area contributed by atoms with Gasteiger partial charge in [0.05, 0.1) is 15.9 Å². The number of nitrogens with two attached hydrogens (primary N) is 1. The van der Waals surface area contributed by atoms with Crippen LogP contribution < -0.4 is 11.1 Å². The van der Waals surface area contributed by atoms with Crippen molar-refractivity contribution in [3.8, 4) is 10.7 Å². The van der Waals surface area contributed by atoms with E-state index in [1.807, 2.05) is 0 Å². The first-order chi connectivity index (χ1) is 14.7. The summed E-state index contributed by atoms with van der Waals surface area (Å²) < 4.78 is 42.5. The Morgan fingerprint density at radius 2 is 2.10 bits per heavy atom. The Morgan fingerprint density at radius 3 is 2.65 bits per heavy atom. The molecule has 0 radical (unpaired) electrons. The van der Waals surface area contributed by atoms with E-state index < -0.39 is 17.8 Å². The SMILES string of the molecule is CC(O)c1cnc(-c2nc(NC3CCN(S/C(C=N)=C/N)CC3)ncc2C(F)(F)F)s1. The maximum absolute atomic E-state index is 13.5. The lowest BCUT2D eigenvalue weighted by Gasteiger charge is -2.31. The van der Waals surface area contributed by atoms with E-state index in [9.17, 15) is 18.3 Å². The van der Waals surface area contributed by atoms with Gasteiger partial charge in [-0.3, -0.25) is 0 Å². The highest BCUT2D eigenvalue weighted by Gasteiger charge is 2.36. The van der Waals surface area contributed by atoms with Crippen molar-refractivity contribution in [1.29, 1.82) is 5.41 Å². The number of allylic oxidation sites excluding steroid dienone is 1. The molecule has 0 saturated carbocycles. The number of nitrogens with zero attached hydrogens (tertiary/aromatic N) is 4. The molecule has 0 spiro atoms. The van der Waals surface area contributed by atoms with Gasteiger partial charge < -0.3 is 21.6 Å². The minimum atomic E-state index is -4.63. The van der Waals surface area contributed by atoms with Gasteiger partial charge in [0.25, 0.3) is 0 Å². The molecule has 31 heavy (non-hydrogen) atoms. The fourth-order valence-electron chi connectivity index (χ4n) is 2.94. The molecule has 0 aromatic carbocycles. The van der Waals surface area contributed by atoms with E-state index in [0.29, 0.717) is 22.9 Å². The number of aromatic nitrogens is 3. The topological polar surface area (TPSA) is 124 Å². The van der Waals surface area contributed by atoms with Crippen LogP contribution in [0.3, 0.4) is 0 Å². The molecule has 2 aromatic heterocycles. The Bertz CT molecular complexity index is 940. The molecule has 2 aromatic rings. The molecular formula is C18H22F3N7OS2. The largest absolute Gasteiger partial charge is 0.420 e. The predicted molar refractivity (Wildman–Crippen MR) is 116 cm³/mol. The number of anilines is 1. The van der Waals surface area contributed by atoms with E-state index in [1.54, 1.807) is 0 Å². The fraction of sp³-hybridized carbons (Fsp3) is 0.444. The lowest BCUT2D eigenvalue weighted by molar-refractivity contribution is -0.137. The Kier molecular flexibility index (Phi) is 7.51. The first-order valence-corrected chi connectivity index (χ1v) is 11.0. The van der Waals surface area contributed by atoms with Crippen molar-refractivity contribution >= 4 is 35.4 Å². The number of alkyl halides is 3. The second-order valence-corrected chi connectivity index (χ2v) is 9.08. The van der Waals surface area contributed by atoms with Crippen LogP contribution in [0.15, 0.2) is 23.5 Å². The Labute approximate surface area is 185 Å². The van der Waals surface area contributed by atoms with Crippen molar-refractivity contribution in [3.63, 3.8) is 0 Å². The average molecular weight is 474 g/mol. The summed E-state index contributed by atoms with van der Waals surface area (Å²) in [6.45, 7) is 2.95. The van der Waals surface area contributed by atoms with Crippen LogP contribution in [-0.2, 0) is 6.18 Å². The highest BCUT2D eigenvalue weighted by atomic mass is 32.2. The molecule has 1 aliphatic heterocycles. The van der Waals surface area contributed by atoms with Crippen LogP contribution in [0.4, 0.5) is 19.1 Å². The van der Waals surface area contributed by atoms with Crippen LogP contribution >= 0.6 is 23.3 Å². The van der Waals surface area contributed by atoms with Crippen LogP contribution in [0.5, 0.6) is 0 Å². The van der Waals surface area contributed by atoms with Crippen LogP contribution in [0.25, 0.3) is 10.7 Å².